The number of nitrogens with one attached hydrogen (secondary N) is 2. The zero-order chi connectivity index (χ0) is 17.3. The molecule has 0 saturated heterocycles. The summed E-state index contributed by atoms with van der Waals surface area (Å²) in [5.41, 5.74) is 3.34. The number of aromatic nitrogens is 2. The van der Waals surface area contributed by atoms with E-state index in [9.17, 15) is 12.8 Å². The summed E-state index contributed by atoms with van der Waals surface area (Å²) in [6.45, 7) is 3.94. The highest BCUT2D eigenvalue weighted by atomic mass is 32.2. The van der Waals surface area contributed by atoms with Crippen LogP contribution in [0.2, 0.25) is 0 Å². The van der Waals surface area contributed by atoms with E-state index in [1.165, 1.54) is 30.6 Å². The molecule has 0 saturated carbocycles. The van der Waals surface area contributed by atoms with Crippen molar-refractivity contribution in [2.45, 2.75) is 31.7 Å². The maximum atomic E-state index is 13.9. The predicted octanol–water partition coefficient (Wildman–Crippen LogP) is 3.05. The summed E-state index contributed by atoms with van der Waals surface area (Å²) in [6.07, 6.45) is 3.57. The number of H-pyrrole nitrogens is 1. The van der Waals surface area contributed by atoms with Crippen LogP contribution in [-0.4, -0.2) is 18.4 Å². The van der Waals surface area contributed by atoms with Crippen molar-refractivity contribution in [3.63, 3.8) is 0 Å². The Morgan fingerprint density at radius 3 is 2.79 bits per heavy atom. The number of pyridine rings is 1. The Bertz CT molecular complexity index is 982. The van der Waals surface area contributed by atoms with Gasteiger partial charge >= 0.3 is 0 Å². The Kier molecular flexibility index (Phi) is 4.38. The van der Waals surface area contributed by atoms with Crippen molar-refractivity contribution in [3.05, 3.63) is 59.3 Å². The molecule has 0 aliphatic rings. The van der Waals surface area contributed by atoms with E-state index < -0.39 is 10.0 Å². The minimum Gasteiger partial charge on any atom is -0.358 e. The lowest BCUT2D eigenvalue weighted by molar-refractivity contribution is 0.580. The van der Waals surface area contributed by atoms with Crippen LogP contribution in [0.25, 0.3) is 10.9 Å². The zero-order valence-corrected chi connectivity index (χ0v) is 14.2. The van der Waals surface area contributed by atoms with Crippen LogP contribution in [0, 0.1) is 12.7 Å². The summed E-state index contributed by atoms with van der Waals surface area (Å²) >= 11 is 0. The van der Waals surface area contributed by atoms with Gasteiger partial charge in [-0.2, -0.15) is 0 Å². The second-order valence-corrected chi connectivity index (χ2v) is 7.35. The van der Waals surface area contributed by atoms with Gasteiger partial charge in [0.1, 0.15) is 10.7 Å². The van der Waals surface area contributed by atoms with Gasteiger partial charge in [0.15, 0.2) is 0 Å². The first-order chi connectivity index (χ1) is 11.4. The molecule has 3 rings (SSSR count). The normalized spacial score (nSPS) is 12.0. The third-order valence-corrected chi connectivity index (χ3v) is 5.45. The van der Waals surface area contributed by atoms with Gasteiger partial charge in [-0.25, -0.2) is 17.5 Å². The van der Waals surface area contributed by atoms with Gasteiger partial charge in [-0.3, -0.25) is 4.98 Å². The van der Waals surface area contributed by atoms with Crippen LogP contribution in [0.4, 0.5) is 4.39 Å². The van der Waals surface area contributed by atoms with Gasteiger partial charge in [-0.1, -0.05) is 6.92 Å². The first-order valence-corrected chi connectivity index (χ1v) is 9.10. The highest BCUT2D eigenvalue weighted by Crippen LogP contribution is 2.26. The van der Waals surface area contributed by atoms with Crippen molar-refractivity contribution in [2.24, 2.45) is 0 Å². The Morgan fingerprint density at radius 2 is 2.12 bits per heavy atom. The minimum absolute atomic E-state index is 0.00536. The number of halogens is 1. The van der Waals surface area contributed by atoms with Crippen LogP contribution in [0.5, 0.6) is 0 Å². The zero-order valence-electron chi connectivity index (χ0n) is 13.4. The van der Waals surface area contributed by atoms with E-state index in [1.807, 2.05) is 13.8 Å². The molecule has 0 fully saturated rings. The molecule has 2 aromatic heterocycles. The van der Waals surface area contributed by atoms with Gasteiger partial charge in [-0.15, -0.1) is 0 Å². The average molecular weight is 347 g/mol. The van der Waals surface area contributed by atoms with Crippen LogP contribution in [0.1, 0.15) is 23.7 Å². The molecule has 0 radical (unpaired) electrons. The fourth-order valence-electron chi connectivity index (χ4n) is 2.77. The number of nitrogens with zero attached hydrogens (tertiary/aromatic N) is 1. The predicted molar refractivity (Wildman–Crippen MR) is 90.6 cm³/mol. The van der Waals surface area contributed by atoms with Crippen molar-refractivity contribution in [1.82, 2.24) is 14.7 Å². The summed E-state index contributed by atoms with van der Waals surface area (Å²) in [4.78, 5) is 7.16. The second-order valence-electron chi connectivity index (χ2n) is 5.58. The highest BCUT2D eigenvalue weighted by molar-refractivity contribution is 7.89. The number of aryl methyl sites for hydroxylation is 2. The lowest BCUT2D eigenvalue weighted by atomic mass is 10.1. The van der Waals surface area contributed by atoms with Crippen molar-refractivity contribution >= 4 is 20.9 Å². The SMILES string of the molecule is CCc1[nH]c2c(CNS(=O)(=O)c3cccnc3)cc(F)cc2c1C. The van der Waals surface area contributed by atoms with Crippen molar-refractivity contribution in [1.29, 1.82) is 0 Å². The molecular weight excluding hydrogens is 329 g/mol. The topological polar surface area (TPSA) is 74.8 Å². The largest absolute Gasteiger partial charge is 0.358 e. The molecule has 0 spiro atoms. The smallest absolute Gasteiger partial charge is 0.242 e. The number of rotatable bonds is 5. The van der Waals surface area contributed by atoms with Crippen LogP contribution in [0.15, 0.2) is 41.6 Å². The number of hydrogen-bond donors (Lipinski definition) is 2. The quantitative estimate of drug-likeness (QED) is 0.745. The van der Waals surface area contributed by atoms with Crippen LogP contribution >= 0.6 is 0 Å². The van der Waals surface area contributed by atoms with Crippen LogP contribution in [-0.2, 0) is 23.0 Å². The summed E-state index contributed by atoms with van der Waals surface area (Å²) in [5.74, 6) is -0.386. The van der Waals surface area contributed by atoms with E-state index in [2.05, 4.69) is 14.7 Å². The van der Waals surface area contributed by atoms with Gasteiger partial charge in [-0.05, 0) is 48.7 Å². The molecule has 5 nitrogen and oxygen atoms in total. The minimum atomic E-state index is -3.70. The van der Waals surface area contributed by atoms with Crippen molar-refractivity contribution in [3.8, 4) is 0 Å². The molecule has 0 bridgehead atoms. The molecule has 126 valence electrons. The average Bonchev–Trinajstić information content (AvgIpc) is 2.90. The summed E-state index contributed by atoms with van der Waals surface area (Å²) < 4.78 is 41.0. The Morgan fingerprint density at radius 1 is 1.33 bits per heavy atom. The van der Waals surface area contributed by atoms with Gasteiger partial charge in [0.25, 0.3) is 0 Å². The Labute approximate surface area is 140 Å². The molecule has 0 amide bonds. The molecular formula is C17H18FN3O2S. The van der Waals surface area contributed by atoms with E-state index in [-0.39, 0.29) is 17.3 Å². The molecule has 0 unspecified atom stereocenters. The standard InChI is InChI=1S/C17H18FN3O2S/c1-3-16-11(2)15-8-13(18)7-12(17(15)21-16)9-20-24(22,23)14-5-4-6-19-10-14/h4-8,10,20-21H,3,9H2,1-2H3. The Balaban J connectivity index is 1.96. The Hall–Kier alpha value is -2.25. The molecule has 0 aliphatic carbocycles. The van der Waals surface area contributed by atoms with E-state index in [0.29, 0.717) is 5.56 Å². The lowest BCUT2D eigenvalue weighted by Crippen LogP contribution is -2.23. The maximum Gasteiger partial charge on any atom is 0.242 e. The lowest BCUT2D eigenvalue weighted by Gasteiger charge is -2.08. The molecule has 2 N–H and O–H groups in total. The summed E-state index contributed by atoms with van der Waals surface area (Å²) in [5, 5.41) is 0.780. The molecule has 2 heterocycles. The van der Waals surface area contributed by atoms with E-state index in [1.54, 1.807) is 6.07 Å². The first-order valence-electron chi connectivity index (χ1n) is 7.61. The fourth-order valence-corrected chi connectivity index (χ4v) is 3.74. The number of fused-ring (bicyclic) bond motifs is 1. The van der Waals surface area contributed by atoms with E-state index in [0.717, 1.165) is 28.6 Å². The molecule has 24 heavy (non-hydrogen) atoms. The third kappa shape index (κ3) is 3.05. The summed E-state index contributed by atoms with van der Waals surface area (Å²) in [7, 11) is -3.70. The van der Waals surface area contributed by atoms with E-state index >= 15 is 0 Å². The van der Waals surface area contributed by atoms with E-state index in [4.69, 9.17) is 0 Å². The van der Waals surface area contributed by atoms with Gasteiger partial charge < -0.3 is 4.98 Å². The van der Waals surface area contributed by atoms with Crippen molar-refractivity contribution in [2.75, 3.05) is 0 Å². The third-order valence-electron chi connectivity index (χ3n) is 4.07. The first kappa shape index (κ1) is 16.6. The number of benzene rings is 1. The highest BCUT2D eigenvalue weighted by Gasteiger charge is 2.16. The van der Waals surface area contributed by atoms with Crippen molar-refractivity contribution < 1.29 is 12.8 Å². The molecule has 0 atom stereocenters. The number of sulfonamides is 1. The van der Waals surface area contributed by atoms with Gasteiger partial charge in [0, 0.05) is 30.0 Å². The monoisotopic (exact) mass is 347 g/mol. The molecule has 7 heteroatoms. The summed E-state index contributed by atoms with van der Waals surface area (Å²) in [6, 6.07) is 5.84. The number of aromatic amines is 1. The van der Waals surface area contributed by atoms with Crippen LogP contribution < -0.4 is 4.72 Å². The molecule has 1 aromatic carbocycles. The molecule has 3 aromatic rings. The molecule has 0 aliphatic heterocycles. The second kappa shape index (κ2) is 6.33. The van der Waals surface area contributed by atoms with Gasteiger partial charge in [0.05, 0.1) is 5.52 Å². The van der Waals surface area contributed by atoms with Crippen LogP contribution in [0.3, 0.4) is 0 Å². The maximum absolute atomic E-state index is 13.9. The number of hydrogen-bond acceptors (Lipinski definition) is 3. The van der Waals surface area contributed by atoms with Gasteiger partial charge in [0.2, 0.25) is 10.0 Å². The fraction of sp³-hybridized carbons (Fsp3) is 0.235.